The lowest BCUT2D eigenvalue weighted by Crippen LogP contribution is -2.38. The van der Waals surface area contributed by atoms with Crippen LogP contribution in [0.15, 0.2) is 18.2 Å². The molecule has 0 aliphatic heterocycles. The van der Waals surface area contributed by atoms with E-state index in [1.54, 1.807) is 18.2 Å². The molecule has 1 aromatic carbocycles. The molecular formula is C13H18BrNO2. The summed E-state index contributed by atoms with van der Waals surface area (Å²) >= 11 is 3.36. The molecule has 1 aromatic rings. The predicted octanol–water partition coefficient (Wildman–Crippen LogP) is 2.95. The molecule has 0 bridgehead atoms. The molecule has 0 aliphatic rings. The van der Waals surface area contributed by atoms with E-state index in [9.17, 15) is 9.90 Å². The maximum Gasteiger partial charge on any atom is 0.254 e. The van der Waals surface area contributed by atoms with Gasteiger partial charge in [0.15, 0.2) is 0 Å². The van der Waals surface area contributed by atoms with E-state index in [0.29, 0.717) is 12.1 Å². The Balaban J connectivity index is 3.01. The van der Waals surface area contributed by atoms with Crippen LogP contribution in [-0.4, -0.2) is 33.8 Å². The molecule has 0 radical (unpaired) electrons. The van der Waals surface area contributed by atoms with Gasteiger partial charge in [-0.15, -0.1) is 0 Å². The highest BCUT2D eigenvalue weighted by Crippen LogP contribution is 2.18. The first kappa shape index (κ1) is 14.0. The van der Waals surface area contributed by atoms with Gasteiger partial charge in [0.05, 0.1) is 0 Å². The number of rotatable bonds is 4. The van der Waals surface area contributed by atoms with Crippen LogP contribution in [0.25, 0.3) is 0 Å². The molecule has 0 aromatic heterocycles. The Morgan fingerprint density at radius 2 is 2.12 bits per heavy atom. The van der Waals surface area contributed by atoms with Crippen LogP contribution in [0.2, 0.25) is 0 Å². The van der Waals surface area contributed by atoms with Crippen LogP contribution in [0.5, 0.6) is 5.75 Å². The standard InChI is InChI=1S/C13H18BrNO2/c1-9(2)15(7-6-14)13(17)12-5-4-11(16)8-10(12)3/h4-5,8-9,16H,6-7H2,1-3H3. The Hall–Kier alpha value is -1.03. The zero-order valence-electron chi connectivity index (χ0n) is 10.4. The number of hydrogen-bond donors (Lipinski definition) is 1. The summed E-state index contributed by atoms with van der Waals surface area (Å²) in [5, 5.41) is 10.1. The Morgan fingerprint density at radius 3 is 2.59 bits per heavy atom. The van der Waals surface area contributed by atoms with Crippen molar-refractivity contribution in [2.24, 2.45) is 0 Å². The third-order valence-corrected chi connectivity index (χ3v) is 3.00. The highest BCUT2D eigenvalue weighted by Gasteiger charge is 2.19. The molecule has 1 amide bonds. The number of carbonyl (C=O) groups excluding carboxylic acids is 1. The van der Waals surface area contributed by atoms with E-state index in [1.807, 2.05) is 25.7 Å². The largest absolute Gasteiger partial charge is 0.508 e. The van der Waals surface area contributed by atoms with E-state index in [1.165, 1.54) is 0 Å². The fourth-order valence-electron chi connectivity index (χ4n) is 1.73. The van der Waals surface area contributed by atoms with Gasteiger partial charge in [-0.05, 0) is 44.5 Å². The average molecular weight is 300 g/mol. The van der Waals surface area contributed by atoms with Crippen LogP contribution in [0.1, 0.15) is 29.8 Å². The van der Waals surface area contributed by atoms with E-state index < -0.39 is 0 Å². The zero-order chi connectivity index (χ0) is 13.0. The van der Waals surface area contributed by atoms with Gasteiger partial charge in [0, 0.05) is 23.5 Å². The summed E-state index contributed by atoms with van der Waals surface area (Å²) in [6.07, 6.45) is 0. The minimum atomic E-state index is 0.0111. The molecule has 0 unspecified atom stereocenters. The molecular weight excluding hydrogens is 282 g/mol. The van der Waals surface area contributed by atoms with E-state index in [4.69, 9.17) is 0 Å². The third kappa shape index (κ3) is 3.46. The van der Waals surface area contributed by atoms with Gasteiger partial charge in [0.25, 0.3) is 5.91 Å². The topological polar surface area (TPSA) is 40.5 Å². The normalized spacial score (nSPS) is 10.6. The van der Waals surface area contributed by atoms with Crippen LogP contribution in [0.4, 0.5) is 0 Å². The highest BCUT2D eigenvalue weighted by atomic mass is 79.9. The molecule has 1 N–H and O–H groups in total. The molecule has 0 aliphatic carbocycles. The Labute approximate surface area is 111 Å². The molecule has 0 fully saturated rings. The van der Waals surface area contributed by atoms with Gasteiger partial charge in [0.1, 0.15) is 5.75 Å². The molecule has 0 saturated carbocycles. The maximum atomic E-state index is 12.3. The number of aromatic hydroxyl groups is 1. The van der Waals surface area contributed by atoms with Gasteiger partial charge in [-0.1, -0.05) is 15.9 Å². The predicted molar refractivity (Wildman–Crippen MR) is 72.8 cm³/mol. The van der Waals surface area contributed by atoms with Crippen LogP contribution in [0, 0.1) is 6.92 Å². The number of nitrogens with zero attached hydrogens (tertiary/aromatic N) is 1. The maximum absolute atomic E-state index is 12.3. The number of aryl methyl sites for hydroxylation is 1. The SMILES string of the molecule is Cc1cc(O)ccc1C(=O)N(CCBr)C(C)C. The van der Waals surface area contributed by atoms with Crippen LogP contribution < -0.4 is 0 Å². The van der Waals surface area contributed by atoms with Crippen LogP contribution in [0.3, 0.4) is 0 Å². The van der Waals surface area contributed by atoms with Gasteiger partial charge in [0.2, 0.25) is 0 Å². The third-order valence-electron chi connectivity index (χ3n) is 2.65. The summed E-state index contributed by atoms with van der Waals surface area (Å²) in [4.78, 5) is 14.1. The van der Waals surface area contributed by atoms with Crippen molar-refractivity contribution in [1.82, 2.24) is 4.90 Å². The highest BCUT2D eigenvalue weighted by molar-refractivity contribution is 9.09. The summed E-state index contributed by atoms with van der Waals surface area (Å²) < 4.78 is 0. The van der Waals surface area contributed by atoms with E-state index in [0.717, 1.165) is 10.9 Å². The van der Waals surface area contributed by atoms with E-state index in [-0.39, 0.29) is 17.7 Å². The first-order chi connectivity index (χ1) is 7.97. The van der Waals surface area contributed by atoms with Gasteiger partial charge in [-0.2, -0.15) is 0 Å². The monoisotopic (exact) mass is 299 g/mol. The number of benzene rings is 1. The van der Waals surface area contributed by atoms with Gasteiger partial charge < -0.3 is 10.0 Å². The molecule has 0 atom stereocenters. The minimum Gasteiger partial charge on any atom is -0.508 e. The Kier molecular flexibility index (Phi) is 5.00. The number of phenolic OH excluding ortho intramolecular Hbond substituents is 1. The number of hydrogen-bond acceptors (Lipinski definition) is 2. The fraction of sp³-hybridized carbons (Fsp3) is 0.462. The fourth-order valence-corrected chi connectivity index (χ4v) is 2.11. The summed E-state index contributed by atoms with van der Waals surface area (Å²) in [7, 11) is 0. The van der Waals surface area contributed by atoms with Crippen molar-refractivity contribution in [3.8, 4) is 5.75 Å². The molecule has 94 valence electrons. The van der Waals surface area contributed by atoms with Crippen molar-refractivity contribution >= 4 is 21.8 Å². The number of amides is 1. The Bertz CT molecular complexity index is 404. The second-order valence-electron chi connectivity index (χ2n) is 4.28. The summed E-state index contributed by atoms with van der Waals surface area (Å²) in [6.45, 7) is 6.50. The van der Waals surface area contributed by atoms with Gasteiger partial charge in [-0.3, -0.25) is 4.79 Å². The van der Waals surface area contributed by atoms with E-state index >= 15 is 0 Å². The number of carbonyl (C=O) groups is 1. The molecule has 0 spiro atoms. The van der Waals surface area contributed by atoms with Crippen molar-refractivity contribution < 1.29 is 9.90 Å². The second kappa shape index (κ2) is 6.05. The van der Waals surface area contributed by atoms with Crippen molar-refractivity contribution in [2.75, 3.05) is 11.9 Å². The molecule has 1 rings (SSSR count). The smallest absolute Gasteiger partial charge is 0.254 e. The molecule has 17 heavy (non-hydrogen) atoms. The minimum absolute atomic E-state index is 0.0111. The van der Waals surface area contributed by atoms with Gasteiger partial charge >= 0.3 is 0 Å². The summed E-state index contributed by atoms with van der Waals surface area (Å²) in [5.74, 6) is 0.201. The average Bonchev–Trinajstić information content (AvgIpc) is 2.24. The second-order valence-corrected chi connectivity index (χ2v) is 5.07. The first-order valence-corrected chi connectivity index (χ1v) is 6.76. The molecule has 3 nitrogen and oxygen atoms in total. The summed E-state index contributed by atoms with van der Waals surface area (Å²) in [6, 6.07) is 5.00. The quantitative estimate of drug-likeness (QED) is 0.869. The zero-order valence-corrected chi connectivity index (χ0v) is 12.0. The van der Waals surface area contributed by atoms with Crippen molar-refractivity contribution in [3.63, 3.8) is 0 Å². The van der Waals surface area contributed by atoms with Crippen LogP contribution in [-0.2, 0) is 0 Å². The number of alkyl halides is 1. The lowest BCUT2D eigenvalue weighted by atomic mass is 10.1. The molecule has 0 heterocycles. The van der Waals surface area contributed by atoms with E-state index in [2.05, 4.69) is 15.9 Å². The Morgan fingerprint density at radius 1 is 1.47 bits per heavy atom. The first-order valence-electron chi connectivity index (χ1n) is 5.64. The van der Waals surface area contributed by atoms with Crippen molar-refractivity contribution in [1.29, 1.82) is 0 Å². The lowest BCUT2D eigenvalue weighted by molar-refractivity contribution is 0.0718. The molecule has 0 saturated heterocycles. The van der Waals surface area contributed by atoms with Gasteiger partial charge in [-0.25, -0.2) is 0 Å². The number of halogens is 1. The number of phenols is 1. The molecule has 4 heteroatoms. The van der Waals surface area contributed by atoms with Crippen molar-refractivity contribution in [3.05, 3.63) is 29.3 Å². The van der Waals surface area contributed by atoms with Crippen molar-refractivity contribution in [2.45, 2.75) is 26.8 Å². The van der Waals surface area contributed by atoms with Crippen LogP contribution >= 0.6 is 15.9 Å². The lowest BCUT2D eigenvalue weighted by Gasteiger charge is -2.26. The summed E-state index contributed by atoms with van der Waals surface area (Å²) in [5.41, 5.74) is 1.45.